The quantitative estimate of drug-likeness (QED) is 0.736. The van der Waals surface area contributed by atoms with Crippen molar-refractivity contribution in [3.63, 3.8) is 0 Å². The van der Waals surface area contributed by atoms with Crippen molar-refractivity contribution in [2.24, 2.45) is 0 Å². The monoisotopic (exact) mass is 246 g/mol. The van der Waals surface area contributed by atoms with Crippen molar-refractivity contribution in [3.05, 3.63) is 41.6 Å². The van der Waals surface area contributed by atoms with E-state index >= 15 is 0 Å². The van der Waals surface area contributed by atoms with Gasteiger partial charge in [0.25, 0.3) is 0 Å². The molecule has 1 unspecified atom stereocenters. The molecule has 96 valence electrons. The second-order valence-corrected chi connectivity index (χ2v) is 4.45. The first kappa shape index (κ1) is 13.0. The maximum absolute atomic E-state index is 9.22. The number of nitrogens with zero attached hydrogens (tertiary/aromatic N) is 1. The number of pyridine rings is 1. The third-order valence-electron chi connectivity index (χ3n) is 2.81. The van der Waals surface area contributed by atoms with Crippen LogP contribution in [0.5, 0.6) is 0 Å². The Hall–Kier alpha value is -1.49. The lowest BCUT2D eigenvalue weighted by atomic mass is 10.1. The number of benzene rings is 1. The van der Waals surface area contributed by atoms with Crippen LogP contribution in [0.3, 0.4) is 0 Å². The number of aliphatic hydroxyl groups excluding tert-OH is 2. The van der Waals surface area contributed by atoms with Gasteiger partial charge in [-0.25, -0.2) is 0 Å². The number of hydrogen-bond donors (Lipinski definition) is 3. The van der Waals surface area contributed by atoms with E-state index in [2.05, 4.69) is 22.4 Å². The van der Waals surface area contributed by atoms with E-state index in [9.17, 15) is 5.11 Å². The van der Waals surface area contributed by atoms with Crippen LogP contribution in [0.2, 0.25) is 0 Å². The molecule has 0 amide bonds. The van der Waals surface area contributed by atoms with Crippen LogP contribution in [0.1, 0.15) is 11.3 Å². The Bertz CT molecular complexity index is 528. The Morgan fingerprint density at radius 3 is 2.89 bits per heavy atom. The van der Waals surface area contributed by atoms with Gasteiger partial charge in [-0.05, 0) is 30.7 Å². The van der Waals surface area contributed by atoms with Gasteiger partial charge in [0, 0.05) is 24.2 Å². The number of aliphatic hydroxyl groups is 2. The van der Waals surface area contributed by atoms with Crippen LogP contribution in [0.15, 0.2) is 30.3 Å². The Morgan fingerprint density at radius 1 is 1.28 bits per heavy atom. The molecule has 18 heavy (non-hydrogen) atoms. The van der Waals surface area contributed by atoms with Crippen LogP contribution in [0.4, 0.5) is 0 Å². The number of fused-ring (bicyclic) bond motifs is 1. The van der Waals surface area contributed by atoms with Gasteiger partial charge in [-0.3, -0.25) is 4.98 Å². The van der Waals surface area contributed by atoms with E-state index in [-0.39, 0.29) is 6.61 Å². The minimum absolute atomic E-state index is 0.214. The maximum Gasteiger partial charge on any atom is 0.0895 e. The second-order valence-electron chi connectivity index (χ2n) is 4.45. The van der Waals surface area contributed by atoms with Gasteiger partial charge in [0.05, 0.1) is 18.2 Å². The molecule has 1 aromatic carbocycles. The van der Waals surface area contributed by atoms with E-state index in [0.717, 1.165) is 22.2 Å². The first-order valence-electron chi connectivity index (χ1n) is 6.05. The van der Waals surface area contributed by atoms with Crippen LogP contribution in [-0.2, 0) is 6.54 Å². The predicted molar refractivity (Wildman–Crippen MR) is 71.3 cm³/mol. The molecule has 2 rings (SSSR count). The summed E-state index contributed by atoms with van der Waals surface area (Å²) in [5.41, 5.74) is 3.15. The first-order valence-corrected chi connectivity index (χ1v) is 6.05. The summed E-state index contributed by atoms with van der Waals surface area (Å²) in [5.74, 6) is 0. The van der Waals surface area contributed by atoms with Gasteiger partial charge in [0.15, 0.2) is 0 Å². The first-order chi connectivity index (χ1) is 8.69. The van der Waals surface area contributed by atoms with Gasteiger partial charge in [0.1, 0.15) is 0 Å². The Kier molecular flexibility index (Phi) is 4.25. The van der Waals surface area contributed by atoms with Gasteiger partial charge in [-0.2, -0.15) is 0 Å². The van der Waals surface area contributed by atoms with E-state index in [1.54, 1.807) is 0 Å². The van der Waals surface area contributed by atoms with E-state index in [4.69, 9.17) is 5.11 Å². The molecule has 4 heteroatoms. The zero-order chi connectivity index (χ0) is 13.0. The van der Waals surface area contributed by atoms with Crippen LogP contribution in [-0.4, -0.2) is 34.5 Å². The molecule has 0 aliphatic carbocycles. The standard InChI is InChI=1S/C14H18N2O2/c1-10-2-4-12-6-11(3-5-14(12)16-10)7-15-8-13(18)9-17/h2-6,13,15,17-18H,7-9H2,1H3. The fourth-order valence-electron chi connectivity index (χ4n) is 1.83. The van der Waals surface area contributed by atoms with Crippen LogP contribution in [0, 0.1) is 6.92 Å². The smallest absolute Gasteiger partial charge is 0.0895 e. The van der Waals surface area contributed by atoms with E-state index in [1.807, 2.05) is 25.1 Å². The molecule has 2 aromatic rings. The van der Waals surface area contributed by atoms with Crippen LogP contribution in [0.25, 0.3) is 10.9 Å². The Labute approximate surface area is 106 Å². The van der Waals surface area contributed by atoms with Gasteiger partial charge >= 0.3 is 0 Å². The van der Waals surface area contributed by atoms with Crippen molar-refractivity contribution in [1.82, 2.24) is 10.3 Å². The van der Waals surface area contributed by atoms with Crippen molar-refractivity contribution >= 4 is 10.9 Å². The molecule has 4 nitrogen and oxygen atoms in total. The van der Waals surface area contributed by atoms with Gasteiger partial charge < -0.3 is 15.5 Å². The summed E-state index contributed by atoms with van der Waals surface area (Å²) in [6.45, 7) is 2.82. The fraction of sp³-hybridized carbons (Fsp3) is 0.357. The number of aryl methyl sites for hydroxylation is 1. The number of nitrogens with one attached hydrogen (secondary N) is 1. The molecule has 1 aromatic heterocycles. The summed E-state index contributed by atoms with van der Waals surface area (Å²) in [6.07, 6.45) is -0.699. The summed E-state index contributed by atoms with van der Waals surface area (Å²) >= 11 is 0. The number of hydrogen-bond acceptors (Lipinski definition) is 4. The number of rotatable bonds is 5. The molecule has 0 aliphatic heterocycles. The van der Waals surface area contributed by atoms with Crippen molar-refractivity contribution < 1.29 is 10.2 Å². The second kappa shape index (κ2) is 5.91. The fourth-order valence-corrected chi connectivity index (χ4v) is 1.83. The van der Waals surface area contributed by atoms with Crippen molar-refractivity contribution in [2.45, 2.75) is 19.6 Å². The lowest BCUT2D eigenvalue weighted by Crippen LogP contribution is -2.28. The topological polar surface area (TPSA) is 65.4 Å². The summed E-state index contributed by atoms with van der Waals surface area (Å²) < 4.78 is 0. The largest absolute Gasteiger partial charge is 0.394 e. The molecule has 3 N–H and O–H groups in total. The Morgan fingerprint density at radius 2 is 2.11 bits per heavy atom. The third kappa shape index (κ3) is 3.26. The average Bonchev–Trinajstić information content (AvgIpc) is 2.38. The predicted octanol–water partition coefficient (Wildman–Crippen LogP) is 0.986. The lowest BCUT2D eigenvalue weighted by Gasteiger charge is -2.09. The number of aromatic nitrogens is 1. The molecular formula is C14H18N2O2. The third-order valence-corrected chi connectivity index (χ3v) is 2.81. The molecule has 0 saturated carbocycles. The highest BCUT2D eigenvalue weighted by Crippen LogP contribution is 2.14. The summed E-state index contributed by atoms with van der Waals surface area (Å²) in [4.78, 5) is 4.45. The van der Waals surface area contributed by atoms with E-state index in [1.165, 1.54) is 0 Å². The van der Waals surface area contributed by atoms with E-state index in [0.29, 0.717) is 13.1 Å². The molecule has 0 radical (unpaired) electrons. The highest BCUT2D eigenvalue weighted by atomic mass is 16.3. The van der Waals surface area contributed by atoms with E-state index < -0.39 is 6.10 Å². The zero-order valence-corrected chi connectivity index (χ0v) is 10.4. The van der Waals surface area contributed by atoms with Crippen molar-refractivity contribution in [2.75, 3.05) is 13.2 Å². The average molecular weight is 246 g/mol. The highest BCUT2D eigenvalue weighted by Gasteiger charge is 2.02. The molecule has 0 aliphatic rings. The van der Waals surface area contributed by atoms with Gasteiger partial charge in [-0.1, -0.05) is 12.1 Å². The lowest BCUT2D eigenvalue weighted by molar-refractivity contribution is 0.0942. The summed E-state index contributed by atoms with van der Waals surface area (Å²) in [5, 5.41) is 22.1. The molecule has 0 spiro atoms. The summed E-state index contributed by atoms with van der Waals surface area (Å²) in [7, 11) is 0. The SMILES string of the molecule is Cc1ccc2cc(CNCC(O)CO)ccc2n1. The van der Waals surface area contributed by atoms with Crippen LogP contribution < -0.4 is 5.32 Å². The van der Waals surface area contributed by atoms with Gasteiger partial charge in [-0.15, -0.1) is 0 Å². The molecular weight excluding hydrogens is 228 g/mol. The summed E-state index contributed by atoms with van der Waals surface area (Å²) in [6, 6.07) is 10.2. The molecule has 0 saturated heterocycles. The van der Waals surface area contributed by atoms with Crippen molar-refractivity contribution in [1.29, 1.82) is 0 Å². The van der Waals surface area contributed by atoms with Crippen molar-refractivity contribution in [3.8, 4) is 0 Å². The molecule has 0 fully saturated rings. The minimum atomic E-state index is -0.699. The highest BCUT2D eigenvalue weighted by molar-refractivity contribution is 5.79. The maximum atomic E-state index is 9.22. The minimum Gasteiger partial charge on any atom is -0.394 e. The normalized spacial score (nSPS) is 12.8. The van der Waals surface area contributed by atoms with Crippen LogP contribution >= 0.6 is 0 Å². The molecule has 1 heterocycles. The Balaban J connectivity index is 2.04. The molecule has 1 atom stereocenters. The zero-order valence-electron chi connectivity index (χ0n) is 10.4. The van der Waals surface area contributed by atoms with Gasteiger partial charge in [0.2, 0.25) is 0 Å². The molecule has 0 bridgehead atoms.